The minimum Gasteiger partial charge on any atom is -0.478 e. The van der Waals surface area contributed by atoms with Crippen LogP contribution in [0.5, 0.6) is 0 Å². The van der Waals surface area contributed by atoms with Crippen LogP contribution in [0.25, 0.3) is 10.9 Å². The SMILES string of the molecule is O=C(O)c1ccc2nc(N3CCC(c4ccccc4)CC3)c(N3CCC(c4ccccc4)CC3)cc2c1. The van der Waals surface area contributed by atoms with E-state index in [9.17, 15) is 9.90 Å². The quantitative estimate of drug-likeness (QED) is 0.337. The Hall–Kier alpha value is -3.86. The molecule has 0 bridgehead atoms. The van der Waals surface area contributed by atoms with Crippen LogP contribution in [-0.4, -0.2) is 42.2 Å². The number of anilines is 2. The molecule has 1 aromatic heterocycles. The van der Waals surface area contributed by atoms with Crippen molar-refractivity contribution in [2.45, 2.75) is 37.5 Å². The molecular weight excluding hydrogens is 458 g/mol. The summed E-state index contributed by atoms with van der Waals surface area (Å²) in [6, 6.07) is 29.1. The fraction of sp³-hybridized carbons (Fsp3) is 0.312. The van der Waals surface area contributed by atoms with Gasteiger partial charge in [-0.1, -0.05) is 60.7 Å². The fourth-order valence-electron chi connectivity index (χ4n) is 6.08. The highest BCUT2D eigenvalue weighted by atomic mass is 16.4. The van der Waals surface area contributed by atoms with Crippen LogP contribution in [0.15, 0.2) is 84.9 Å². The van der Waals surface area contributed by atoms with Crippen LogP contribution in [0.1, 0.15) is 59.0 Å². The first-order valence-electron chi connectivity index (χ1n) is 13.4. The molecule has 1 N–H and O–H groups in total. The van der Waals surface area contributed by atoms with Crippen LogP contribution < -0.4 is 9.80 Å². The maximum absolute atomic E-state index is 11.6. The number of carbonyl (C=O) groups is 1. The summed E-state index contributed by atoms with van der Waals surface area (Å²) in [6.45, 7) is 3.88. The number of aromatic nitrogens is 1. The van der Waals surface area contributed by atoms with Crippen molar-refractivity contribution in [3.05, 3.63) is 102 Å². The summed E-state index contributed by atoms with van der Waals surface area (Å²) >= 11 is 0. The van der Waals surface area contributed by atoms with Crippen LogP contribution in [0.2, 0.25) is 0 Å². The molecule has 6 rings (SSSR count). The van der Waals surface area contributed by atoms with E-state index < -0.39 is 5.97 Å². The van der Waals surface area contributed by atoms with Gasteiger partial charge >= 0.3 is 5.97 Å². The summed E-state index contributed by atoms with van der Waals surface area (Å²) in [7, 11) is 0. The first-order chi connectivity index (χ1) is 18.2. The molecule has 5 nitrogen and oxygen atoms in total. The molecule has 2 saturated heterocycles. The molecule has 188 valence electrons. The maximum atomic E-state index is 11.6. The second-order valence-electron chi connectivity index (χ2n) is 10.4. The standard InChI is InChI=1S/C32H33N3O2/c36-32(37)27-11-12-29-28(21-27)22-30(34-17-13-25(14-18-34)23-7-3-1-4-8-23)31(33-29)35-19-15-26(16-20-35)24-9-5-2-6-10-24/h1-12,21-22,25-26H,13-20H2,(H,36,37). The van der Waals surface area contributed by atoms with Crippen molar-refractivity contribution in [1.82, 2.24) is 4.98 Å². The van der Waals surface area contributed by atoms with Crippen molar-refractivity contribution in [3.8, 4) is 0 Å². The lowest BCUT2D eigenvalue weighted by Crippen LogP contribution is -2.37. The molecule has 0 atom stereocenters. The van der Waals surface area contributed by atoms with E-state index in [4.69, 9.17) is 4.98 Å². The third kappa shape index (κ3) is 4.91. The zero-order valence-corrected chi connectivity index (χ0v) is 21.1. The average Bonchev–Trinajstić information content (AvgIpc) is 2.97. The first kappa shape index (κ1) is 23.5. The van der Waals surface area contributed by atoms with Gasteiger partial charge in [0, 0.05) is 31.6 Å². The van der Waals surface area contributed by atoms with Crippen LogP contribution in [0.4, 0.5) is 11.5 Å². The van der Waals surface area contributed by atoms with E-state index in [0.717, 1.165) is 74.3 Å². The Balaban J connectivity index is 1.29. The molecule has 2 aliphatic rings. The minimum absolute atomic E-state index is 0.305. The van der Waals surface area contributed by atoms with Gasteiger partial charge in [-0.25, -0.2) is 9.78 Å². The second-order valence-corrected chi connectivity index (χ2v) is 10.4. The van der Waals surface area contributed by atoms with Gasteiger partial charge in [-0.2, -0.15) is 0 Å². The topological polar surface area (TPSA) is 56.7 Å². The van der Waals surface area contributed by atoms with E-state index in [1.807, 2.05) is 6.07 Å². The molecule has 0 aliphatic carbocycles. The molecule has 2 aliphatic heterocycles. The van der Waals surface area contributed by atoms with E-state index in [2.05, 4.69) is 76.5 Å². The number of benzene rings is 3. The maximum Gasteiger partial charge on any atom is 0.335 e. The third-order valence-corrected chi connectivity index (χ3v) is 8.19. The molecule has 0 radical (unpaired) electrons. The molecule has 3 aromatic carbocycles. The third-order valence-electron chi connectivity index (χ3n) is 8.19. The number of fused-ring (bicyclic) bond motifs is 1. The number of aromatic carboxylic acids is 1. The highest BCUT2D eigenvalue weighted by Gasteiger charge is 2.28. The van der Waals surface area contributed by atoms with Gasteiger partial charge in [0.05, 0.1) is 16.8 Å². The molecule has 0 unspecified atom stereocenters. The van der Waals surface area contributed by atoms with E-state index in [1.165, 1.54) is 11.1 Å². The summed E-state index contributed by atoms with van der Waals surface area (Å²) in [5.74, 6) is 1.30. The van der Waals surface area contributed by atoms with Gasteiger partial charge in [0.2, 0.25) is 0 Å². The van der Waals surface area contributed by atoms with Crippen LogP contribution in [0, 0.1) is 0 Å². The normalized spacial score (nSPS) is 17.3. The molecule has 0 spiro atoms. The smallest absolute Gasteiger partial charge is 0.335 e. The fourth-order valence-corrected chi connectivity index (χ4v) is 6.08. The molecule has 3 heterocycles. The van der Waals surface area contributed by atoms with E-state index in [-0.39, 0.29) is 0 Å². The van der Waals surface area contributed by atoms with Gasteiger partial charge in [-0.05, 0) is 72.9 Å². The van der Waals surface area contributed by atoms with Gasteiger partial charge in [0.25, 0.3) is 0 Å². The summed E-state index contributed by atoms with van der Waals surface area (Å²) in [4.78, 5) is 21.7. The summed E-state index contributed by atoms with van der Waals surface area (Å²) in [5, 5.41) is 10.4. The second kappa shape index (κ2) is 10.3. The monoisotopic (exact) mass is 491 g/mol. The Morgan fingerprint density at radius 3 is 1.78 bits per heavy atom. The van der Waals surface area contributed by atoms with Crippen LogP contribution in [0.3, 0.4) is 0 Å². The van der Waals surface area contributed by atoms with Gasteiger partial charge in [0.15, 0.2) is 5.82 Å². The molecule has 4 aromatic rings. The van der Waals surface area contributed by atoms with Gasteiger partial charge in [-0.15, -0.1) is 0 Å². The molecule has 0 saturated carbocycles. The lowest BCUT2D eigenvalue weighted by atomic mass is 9.89. The first-order valence-corrected chi connectivity index (χ1v) is 13.4. The number of pyridine rings is 1. The predicted octanol–water partition coefficient (Wildman–Crippen LogP) is 6.70. The zero-order chi connectivity index (χ0) is 25.2. The highest BCUT2D eigenvalue weighted by Crippen LogP contribution is 2.39. The van der Waals surface area contributed by atoms with Crippen molar-refractivity contribution in [1.29, 1.82) is 0 Å². The summed E-state index contributed by atoms with van der Waals surface area (Å²) in [5.41, 5.74) is 5.15. The van der Waals surface area contributed by atoms with Crippen molar-refractivity contribution < 1.29 is 9.90 Å². The molecule has 0 amide bonds. The lowest BCUT2D eigenvalue weighted by Gasteiger charge is -2.39. The number of carboxylic acid groups (broad SMARTS) is 1. The largest absolute Gasteiger partial charge is 0.478 e. The number of rotatable bonds is 5. The van der Waals surface area contributed by atoms with Gasteiger partial charge < -0.3 is 14.9 Å². The number of piperidine rings is 2. The van der Waals surface area contributed by atoms with Crippen molar-refractivity contribution in [2.75, 3.05) is 36.0 Å². The zero-order valence-electron chi connectivity index (χ0n) is 21.1. The Morgan fingerprint density at radius 2 is 1.24 bits per heavy atom. The number of carboxylic acids is 1. The summed E-state index contributed by atoms with van der Waals surface area (Å²) in [6.07, 6.45) is 4.42. The lowest BCUT2D eigenvalue weighted by molar-refractivity contribution is 0.0697. The van der Waals surface area contributed by atoms with E-state index in [1.54, 1.807) is 12.1 Å². The molecule has 2 fully saturated rings. The van der Waals surface area contributed by atoms with Crippen LogP contribution in [-0.2, 0) is 0 Å². The Bertz CT molecular complexity index is 1370. The number of nitrogens with zero attached hydrogens (tertiary/aromatic N) is 3. The number of hydrogen-bond acceptors (Lipinski definition) is 4. The minimum atomic E-state index is -0.904. The Kier molecular flexibility index (Phi) is 6.52. The van der Waals surface area contributed by atoms with Crippen molar-refractivity contribution >= 4 is 28.4 Å². The molecular formula is C32H33N3O2. The average molecular weight is 492 g/mol. The Labute approximate surface area is 218 Å². The van der Waals surface area contributed by atoms with Gasteiger partial charge in [-0.3, -0.25) is 0 Å². The summed E-state index contributed by atoms with van der Waals surface area (Å²) < 4.78 is 0. The van der Waals surface area contributed by atoms with Gasteiger partial charge in [0.1, 0.15) is 0 Å². The molecule has 37 heavy (non-hydrogen) atoms. The van der Waals surface area contributed by atoms with Crippen LogP contribution >= 0.6 is 0 Å². The Morgan fingerprint density at radius 1 is 0.703 bits per heavy atom. The molecule has 5 heteroatoms. The number of hydrogen-bond donors (Lipinski definition) is 1. The van der Waals surface area contributed by atoms with E-state index in [0.29, 0.717) is 17.4 Å². The van der Waals surface area contributed by atoms with E-state index >= 15 is 0 Å². The predicted molar refractivity (Wildman–Crippen MR) is 150 cm³/mol. The van der Waals surface area contributed by atoms with Crippen molar-refractivity contribution in [3.63, 3.8) is 0 Å². The highest BCUT2D eigenvalue weighted by molar-refractivity contribution is 5.95. The van der Waals surface area contributed by atoms with Crippen molar-refractivity contribution in [2.24, 2.45) is 0 Å².